The molecular weight excluding hydrogens is 502 g/mol. The van der Waals surface area contributed by atoms with Crippen LogP contribution < -0.4 is 4.31 Å². The van der Waals surface area contributed by atoms with Crippen molar-refractivity contribution in [1.29, 1.82) is 0 Å². The number of amides is 1. The fraction of sp³-hybridized carbons (Fsp3) is 0.240. The topological polar surface area (TPSA) is 60.9 Å². The van der Waals surface area contributed by atoms with Crippen LogP contribution in [0.3, 0.4) is 0 Å². The Hall–Kier alpha value is -2.68. The van der Waals surface area contributed by atoms with Gasteiger partial charge in [0, 0.05) is 37.2 Å². The zero-order valence-electron chi connectivity index (χ0n) is 18.2. The van der Waals surface area contributed by atoms with Gasteiger partial charge in [0.15, 0.2) is 0 Å². The molecule has 0 atom stereocenters. The molecule has 1 heterocycles. The molecule has 4 rings (SSSR count). The standard InChI is InChI=1S/C25H26BrN3O3S/c26-22-10-7-11-23(18-22)29(33(31,32)24-12-5-2-6-13-24)20-25(30)28-16-14-27(15-17-28)19-21-8-3-1-4-9-21/h1-13,18H,14-17,19-20H2. The molecule has 1 aliphatic rings. The zero-order chi connectivity index (χ0) is 23.3. The maximum absolute atomic E-state index is 13.4. The van der Waals surface area contributed by atoms with Crippen LogP contribution in [0, 0.1) is 0 Å². The molecule has 1 aliphatic heterocycles. The van der Waals surface area contributed by atoms with E-state index in [4.69, 9.17) is 0 Å². The predicted octanol–water partition coefficient (Wildman–Crippen LogP) is 3.99. The van der Waals surface area contributed by atoms with E-state index in [9.17, 15) is 13.2 Å². The number of rotatable bonds is 7. The smallest absolute Gasteiger partial charge is 0.264 e. The number of anilines is 1. The third-order valence-electron chi connectivity index (χ3n) is 5.68. The molecule has 6 nitrogen and oxygen atoms in total. The number of hydrogen-bond acceptors (Lipinski definition) is 4. The number of sulfonamides is 1. The number of halogens is 1. The van der Waals surface area contributed by atoms with Crippen LogP contribution in [0.5, 0.6) is 0 Å². The van der Waals surface area contributed by atoms with Crippen molar-refractivity contribution < 1.29 is 13.2 Å². The largest absolute Gasteiger partial charge is 0.339 e. The van der Waals surface area contributed by atoms with Crippen LogP contribution in [0.15, 0.2) is 94.3 Å². The molecule has 0 N–H and O–H groups in total. The van der Waals surface area contributed by atoms with E-state index in [1.165, 1.54) is 9.87 Å². The van der Waals surface area contributed by atoms with E-state index in [1.54, 1.807) is 53.4 Å². The minimum absolute atomic E-state index is 0.158. The molecule has 3 aromatic rings. The molecule has 0 aliphatic carbocycles. The summed E-state index contributed by atoms with van der Waals surface area (Å²) in [6.07, 6.45) is 0. The van der Waals surface area contributed by atoms with Crippen molar-refractivity contribution in [2.24, 2.45) is 0 Å². The first-order valence-electron chi connectivity index (χ1n) is 10.8. The van der Waals surface area contributed by atoms with Crippen molar-refractivity contribution in [2.75, 3.05) is 37.0 Å². The molecule has 1 fully saturated rings. The van der Waals surface area contributed by atoms with Crippen LogP contribution in [0.25, 0.3) is 0 Å². The number of carbonyl (C=O) groups excluding carboxylic acids is 1. The van der Waals surface area contributed by atoms with Gasteiger partial charge in [-0.05, 0) is 35.9 Å². The maximum Gasteiger partial charge on any atom is 0.264 e. The SMILES string of the molecule is O=C(CN(c1cccc(Br)c1)S(=O)(=O)c1ccccc1)N1CCN(Cc2ccccc2)CC1. The summed E-state index contributed by atoms with van der Waals surface area (Å²) in [4.78, 5) is 17.4. The summed E-state index contributed by atoms with van der Waals surface area (Å²) in [5, 5.41) is 0. The molecule has 8 heteroatoms. The second-order valence-corrected chi connectivity index (χ2v) is 10.7. The molecule has 1 amide bonds. The van der Waals surface area contributed by atoms with Gasteiger partial charge in [-0.2, -0.15) is 0 Å². The molecule has 0 aromatic heterocycles. The van der Waals surface area contributed by atoms with Crippen LogP contribution in [0.1, 0.15) is 5.56 Å². The fourth-order valence-electron chi connectivity index (χ4n) is 3.89. The first kappa shape index (κ1) is 23.5. The lowest BCUT2D eigenvalue weighted by molar-refractivity contribution is -0.131. The minimum atomic E-state index is -3.90. The molecular formula is C25H26BrN3O3S. The Kier molecular flexibility index (Phi) is 7.47. The summed E-state index contributed by atoms with van der Waals surface area (Å²) in [5.74, 6) is -0.200. The monoisotopic (exact) mass is 527 g/mol. The highest BCUT2D eigenvalue weighted by molar-refractivity contribution is 9.10. The van der Waals surface area contributed by atoms with Gasteiger partial charge in [0.1, 0.15) is 6.54 Å². The van der Waals surface area contributed by atoms with Crippen molar-refractivity contribution in [3.8, 4) is 0 Å². The molecule has 0 saturated carbocycles. The molecule has 33 heavy (non-hydrogen) atoms. The molecule has 172 valence electrons. The molecule has 3 aromatic carbocycles. The average molecular weight is 528 g/mol. The molecule has 0 radical (unpaired) electrons. The van der Waals surface area contributed by atoms with Crippen LogP contribution in [0.2, 0.25) is 0 Å². The Balaban J connectivity index is 1.48. The minimum Gasteiger partial charge on any atom is -0.339 e. The third-order valence-corrected chi connectivity index (χ3v) is 7.96. The number of hydrogen-bond donors (Lipinski definition) is 0. The summed E-state index contributed by atoms with van der Waals surface area (Å²) >= 11 is 3.41. The van der Waals surface area contributed by atoms with Crippen molar-refractivity contribution in [3.05, 3.63) is 95.0 Å². The van der Waals surface area contributed by atoms with Gasteiger partial charge < -0.3 is 4.90 Å². The van der Waals surface area contributed by atoms with E-state index in [0.29, 0.717) is 18.8 Å². The van der Waals surface area contributed by atoms with Gasteiger partial charge in [0.25, 0.3) is 10.0 Å². The van der Waals surface area contributed by atoms with E-state index >= 15 is 0 Å². The normalized spacial score (nSPS) is 14.8. The van der Waals surface area contributed by atoms with Crippen molar-refractivity contribution in [1.82, 2.24) is 9.80 Å². The summed E-state index contributed by atoms with van der Waals surface area (Å²) in [5.41, 5.74) is 1.69. The van der Waals surface area contributed by atoms with E-state index < -0.39 is 10.0 Å². The predicted molar refractivity (Wildman–Crippen MR) is 133 cm³/mol. The molecule has 0 bridgehead atoms. The van der Waals surface area contributed by atoms with Crippen molar-refractivity contribution >= 4 is 37.5 Å². The Morgan fingerprint density at radius 1 is 0.848 bits per heavy atom. The fourth-order valence-corrected chi connectivity index (χ4v) is 5.70. The number of carbonyl (C=O) groups is 1. The number of benzene rings is 3. The van der Waals surface area contributed by atoms with Crippen molar-refractivity contribution in [3.63, 3.8) is 0 Å². The maximum atomic E-state index is 13.4. The van der Waals surface area contributed by atoms with Gasteiger partial charge in [0.05, 0.1) is 10.6 Å². The Labute approximate surface area is 203 Å². The van der Waals surface area contributed by atoms with Crippen LogP contribution in [-0.2, 0) is 21.4 Å². The van der Waals surface area contributed by atoms with Gasteiger partial charge in [-0.25, -0.2) is 8.42 Å². The Bertz CT molecular complexity index is 1180. The van der Waals surface area contributed by atoms with E-state index in [-0.39, 0.29) is 17.3 Å². The lowest BCUT2D eigenvalue weighted by atomic mass is 10.2. The van der Waals surface area contributed by atoms with Gasteiger partial charge in [-0.15, -0.1) is 0 Å². The molecule has 0 unspecified atom stereocenters. The van der Waals surface area contributed by atoms with Crippen LogP contribution >= 0.6 is 15.9 Å². The number of piperazine rings is 1. The van der Waals surface area contributed by atoms with Crippen LogP contribution in [0.4, 0.5) is 5.69 Å². The highest BCUT2D eigenvalue weighted by Crippen LogP contribution is 2.26. The number of nitrogens with zero attached hydrogens (tertiary/aromatic N) is 3. The first-order valence-corrected chi connectivity index (χ1v) is 13.0. The average Bonchev–Trinajstić information content (AvgIpc) is 2.84. The highest BCUT2D eigenvalue weighted by Gasteiger charge is 2.30. The van der Waals surface area contributed by atoms with E-state index in [2.05, 4.69) is 33.0 Å². The lowest BCUT2D eigenvalue weighted by Crippen LogP contribution is -2.51. The molecule has 1 saturated heterocycles. The van der Waals surface area contributed by atoms with Crippen LogP contribution in [-0.4, -0.2) is 56.8 Å². The van der Waals surface area contributed by atoms with Gasteiger partial charge in [-0.3, -0.25) is 14.0 Å². The van der Waals surface area contributed by atoms with Crippen molar-refractivity contribution in [2.45, 2.75) is 11.4 Å². The van der Waals surface area contributed by atoms with Gasteiger partial charge in [-0.1, -0.05) is 70.5 Å². The summed E-state index contributed by atoms with van der Waals surface area (Å²) in [7, 11) is -3.90. The highest BCUT2D eigenvalue weighted by atomic mass is 79.9. The van der Waals surface area contributed by atoms with Gasteiger partial charge >= 0.3 is 0 Å². The second-order valence-electron chi connectivity index (χ2n) is 7.95. The van der Waals surface area contributed by atoms with E-state index in [0.717, 1.165) is 24.1 Å². The second kappa shape index (κ2) is 10.5. The third kappa shape index (κ3) is 5.82. The lowest BCUT2D eigenvalue weighted by Gasteiger charge is -2.36. The summed E-state index contributed by atoms with van der Waals surface area (Å²) in [6.45, 7) is 3.25. The summed E-state index contributed by atoms with van der Waals surface area (Å²) < 4.78 is 28.8. The first-order chi connectivity index (χ1) is 15.9. The Morgan fingerprint density at radius 3 is 2.12 bits per heavy atom. The summed E-state index contributed by atoms with van der Waals surface area (Å²) in [6, 6.07) is 25.5. The Morgan fingerprint density at radius 2 is 1.48 bits per heavy atom. The zero-order valence-corrected chi connectivity index (χ0v) is 20.6. The molecule has 0 spiro atoms. The van der Waals surface area contributed by atoms with E-state index in [1.807, 2.05) is 24.3 Å². The van der Waals surface area contributed by atoms with Gasteiger partial charge in [0.2, 0.25) is 5.91 Å². The quantitative estimate of drug-likeness (QED) is 0.466.